The summed E-state index contributed by atoms with van der Waals surface area (Å²) in [5, 5.41) is 11.4. The van der Waals surface area contributed by atoms with Crippen LogP contribution in [0.5, 0.6) is 0 Å². The van der Waals surface area contributed by atoms with Gasteiger partial charge < -0.3 is 34.1 Å². The van der Waals surface area contributed by atoms with Gasteiger partial charge in [-0.1, -0.05) is 72.8 Å². The molecule has 1 saturated heterocycles. The van der Waals surface area contributed by atoms with Gasteiger partial charge in [0.1, 0.15) is 18.1 Å². The summed E-state index contributed by atoms with van der Waals surface area (Å²) in [7, 11) is 0. The average Bonchev–Trinajstić information content (AvgIpc) is 3.15. The second-order valence-electron chi connectivity index (χ2n) is 10.8. The lowest BCUT2D eigenvalue weighted by atomic mass is 9.98. The lowest BCUT2D eigenvalue weighted by molar-refractivity contribution is -0.207. The van der Waals surface area contributed by atoms with Crippen molar-refractivity contribution in [3.8, 4) is 0 Å². The van der Waals surface area contributed by atoms with Crippen LogP contribution in [-0.2, 0) is 23.7 Å². The minimum absolute atomic E-state index is 0.00619. The maximum Gasteiger partial charge on any atom is 0.404 e. The lowest BCUT2D eigenvalue weighted by Gasteiger charge is -2.44. The first-order chi connectivity index (χ1) is 24.3. The minimum atomic E-state index is -1.48. The molecule has 4 aromatic rings. The molecule has 0 aromatic heterocycles. The van der Waals surface area contributed by atoms with Crippen molar-refractivity contribution in [2.45, 2.75) is 29.9 Å². The van der Waals surface area contributed by atoms with Crippen molar-refractivity contribution >= 4 is 41.7 Å². The van der Waals surface area contributed by atoms with E-state index < -0.39 is 66.4 Å². The SMILES string of the molecule is O=C(O)NCCS[C@@H]1O[C@H](COC(=O)c2ccccc2)[C@H](OC(=O)c2ccccc2)[C@H](OC(=O)c2ccccc2)[C@H]1OC(=O)c1ccccc1. The molecule has 1 aliphatic heterocycles. The van der Waals surface area contributed by atoms with Crippen LogP contribution in [-0.4, -0.2) is 83.8 Å². The quantitative estimate of drug-likeness (QED) is 0.106. The highest BCUT2D eigenvalue weighted by Gasteiger charge is 2.53. The Balaban J connectivity index is 1.53. The van der Waals surface area contributed by atoms with E-state index in [2.05, 4.69) is 5.32 Å². The average molecular weight is 700 g/mol. The summed E-state index contributed by atoms with van der Waals surface area (Å²) < 4.78 is 30.0. The van der Waals surface area contributed by atoms with Gasteiger partial charge in [0.05, 0.1) is 22.3 Å². The third kappa shape index (κ3) is 9.71. The third-order valence-corrected chi connectivity index (χ3v) is 8.55. The van der Waals surface area contributed by atoms with Crippen molar-refractivity contribution in [1.82, 2.24) is 5.32 Å². The van der Waals surface area contributed by atoms with Gasteiger partial charge >= 0.3 is 30.0 Å². The fourth-order valence-electron chi connectivity index (χ4n) is 4.99. The van der Waals surface area contributed by atoms with E-state index in [1.165, 1.54) is 36.4 Å². The van der Waals surface area contributed by atoms with Gasteiger partial charge in [0.15, 0.2) is 18.3 Å². The number of carbonyl (C=O) groups excluding carboxylic acids is 4. The Hall–Kier alpha value is -5.66. The van der Waals surface area contributed by atoms with Gasteiger partial charge in [-0.25, -0.2) is 24.0 Å². The topological polar surface area (TPSA) is 164 Å². The Morgan fingerprint density at radius 1 is 0.580 bits per heavy atom. The van der Waals surface area contributed by atoms with Gasteiger partial charge in [-0.3, -0.25) is 0 Å². The van der Waals surface area contributed by atoms with Gasteiger partial charge in [0, 0.05) is 12.3 Å². The molecular weight excluding hydrogens is 666 g/mol. The van der Waals surface area contributed by atoms with Gasteiger partial charge in [-0.05, 0) is 48.5 Å². The summed E-state index contributed by atoms with van der Waals surface area (Å²) >= 11 is 1.07. The van der Waals surface area contributed by atoms with E-state index in [1.807, 2.05) is 0 Å². The number of amides is 1. The first kappa shape index (κ1) is 35.6. The molecule has 258 valence electrons. The first-order valence-electron chi connectivity index (χ1n) is 15.5. The number of hydrogen-bond acceptors (Lipinski definition) is 11. The number of thioether (sulfide) groups is 1. The number of hydrogen-bond donors (Lipinski definition) is 2. The van der Waals surface area contributed by atoms with Crippen LogP contribution in [0.15, 0.2) is 121 Å². The smallest absolute Gasteiger partial charge is 0.404 e. The fourth-order valence-corrected chi connectivity index (χ4v) is 6.07. The lowest BCUT2D eigenvalue weighted by Crippen LogP contribution is -2.62. The summed E-state index contributed by atoms with van der Waals surface area (Å²) in [5.74, 6) is -2.94. The molecule has 0 aliphatic carbocycles. The van der Waals surface area contributed by atoms with E-state index in [0.717, 1.165) is 11.8 Å². The Kier molecular flexibility index (Phi) is 12.6. The molecule has 1 amide bonds. The van der Waals surface area contributed by atoms with Gasteiger partial charge in [-0.15, -0.1) is 11.8 Å². The molecule has 0 saturated carbocycles. The highest BCUT2D eigenvalue weighted by molar-refractivity contribution is 7.99. The molecule has 4 aromatic carbocycles. The van der Waals surface area contributed by atoms with E-state index in [9.17, 15) is 24.0 Å². The highest BCUT2D eigenvalue weighted by Crippen LogP contribution is 2.35. The number of carbonyl (C=O) groups is 5. The Bertz CT molecular complexity index is 1740. The Morgan fingerprint density at radius 2 is 0.980 bits per heavy atom. The second kappa shape index (κ2) is 17.7. The molecule has 0 bridgehead atoms. The van der Waals surface area contributed by atoms with Crippen molar-refractivity contribution < 1.29 is 52.8 Å². The molecule has 5 atom stereocenters. The highest BCUT2D eigenvalue weighted by atomic mass is 32.2. The molecule has 0 radical (unpaired) electrons. The minimum Gasteiger partial charge on any atom is -0.465 e. The Morgan fingerprint density at radius 3 is 1.42 bits per heavy atom. The maximum atomic E-state index is 13.6. The predicted octanol–water partition coefficient (Wildman–Crippen LogP) is 5.25. The van der Waals surface area contributed by atoms with Crippen molar-refractivity contribution in [3.05, 3.63) is 144 Å². The molecule has 1 fully saturated rings. The van der Waals surface area contributed by atoms with Crippen LogP contribution < -0.4 is 5.32 Å². The number of rotatable bonds is 13. The summed E-state index contributed by atoms with van der Waals surface area (Å²) in [6, 6.07) is 32.4. The van der Waals surface area contributed by atoms with E-state index >= 15 is 0 Å². The van der Waals surface area contributed by atoms with Gasteiger partial charge in [0.25, 0.3) is 0 Å². The molecule has 0 spiro atoms. The summed E-state index contributed by atoms with van der Waals surface area (Å²) in [4.78, 5) is 64.7. The molecule has 50 heavy (non-hydrogen) atoms. The number of nitrogens with one attached hydrogen (secondary N) is 1. The molecule has 1 aliphatic rings. The zero-order chi connectivity index (χ0) is 35.3. The standard InChI is InChI=1S/C37H33NO11S/c39-32(24-13-5-1-6-14-24)45-23-28-29(47-33(40)25-15-7-2-8-16-25)30(48-34(41)26-17-9-3-10-18-26)31(36(46-28)50-22-21-38-37(43)44)49-35(42)27-19-11-4-12-20-27/h1-20,28-31,36,38H,21-23H2,(H,43,44)/t28-,29+,30+,31-,36+/m1/s1. The van der Waals surface area contributed by atoms with Crippen molar-refractivity contribution in [2.24, 2.45) is 0 Å². The molecule has 1 heterocycles. The summed E-state index contributed by atoms with van der Waals surface area (Å²) in [5.41, 5.74) is -0.321. The van der Waals surface area contributed by atoms with Crippen molar-refractivity contribution in [2.75, 3.05) is 18.9 Å². The molecular formula is C37H33NO11S. The number of benzene rings is 4. The molecule has 2 N–H and O–H groups in total. The third-order valence-electron chi connectivity index (χ3n) is 7.40. The summed E-state index contributed by atoms with van der Waals surface area (Å²) in [6.07, 6.45) is -6.81. The van der Waals surface area contributed by atoms with Crippen LogP contribution in [0.25, 0.3) is 0 Å². The molecule has 0 unspecified atom stereocenters. The van der Waals surface area contributed by atoms with E-state index in [4.69, 9.17) is 28.8 Å². The molecule has 5 rings (SSSR count). The zero-order valence-electron chi connectivity index (χ0n) is 26.5. The number of carboxylic acid groups (broad SMARTS) is 1. The fraction of sp³-hybridized carbons (Fsp3) is 0.216. The zero-order valence-corrected chi connectivity index (χ0v) is 27.3. The van der Waals surface area contributed by atoms with E-state index in [1.54, 1.807) is 84.9 Å². The van der Waals surface area contributed by atoms with E-state index in [-0.39, 0.29) is 34.6 Å². The van der Waals surface area contributed by atoms with Crippen LogP contribution in [0.4, 0.5) is 4.79 Å². The number of ether oxygens (including phenoxy) is 5. The van der Waals surface area contributed by atoms with Crippen molar-refractivity contribution in [1.29, 1.82) is 0 Å². The monoisotopic (exact) mass is 699 g/mol. The van der Waals surface area contributed by atoms with E-state index in [0.29, 0.717) is 0 Å². The van der Waals surface area contributed by atoms with Crippen molar-refractivity contribution in [3.63, 3.8) is 0 Å². The second-order valence-corrected chi connectivity index (χ2v) is 12.0. The largest absolute Gasteiger partial charge is 0.465 e. The van der Waals surface area contributed by atoms with Gasteiger partial charge in [-0.2, -0.15) is 0 Å². The Labute approximate surface area is 291 Å². The van der Waals surface area contributed by atoms with Crippen LogP contribution in [0.2, 0.25) is 0 Å². The molecule has 12 nitrogen and oxygen atoms in total. The van der Waals surface area contributed by atoms with Crippen LogP contribution in [0.3, 0.4) is 0 Å². The van der Waals surface area contributed by atoms with Gasteiger partial charge in [0.2, 0.25) is 0 Å². The maximum absolute atomic E-state index is 13.6. The summed E-state index contributed by atoms with van der Waals surface area (Å²) in [6.45, 7) is -0.461. The number of esters is 4. The van der Waals surface area contributed by atoms with Crippen LogP contribution >= 0.6 is 11.8 Å². The normalized spacial score (nSPS) is 19.7. The first-order valence-corrected chi connectivity index (χ1v) is 16.6. The van der Waals surface area contributed by atoms with Crippen LogP contribution in [0, 0.1) is 0 Å². The predicted molar refractivity (Wildman–Crippen MR) is 181 cm³/mol. The van der Waals surface area contributed by atoms with Crippen LogP contribution in [0.1, 0.15) is 41.4 Å². The molecule has 13 heteroatoms.